The third-order valence-electron chi connectivity index (χ3n) is 5.30. The zero-order valence-corrected chi connectivity index (χ0v) is 15.4. The number of carbonyl (C=O) groups excluding carboxylic acids is 1. The lowest BCUT2D eigenvalue weighted by atomic mass is 9.87. The smallest absolute Gasteiger partial charge is 0.223 e. The second-order valence-corrected chi connectivity index (χ2v) is 7.23. The Hall–Kier alpha value is -3.10. The van der Waals surface area contributed by atoms with Crippen LogP contribution in [0.3, 0.4) is 0 Å². The van der Waals surface area contributed by atoms with Crippen molar-refractivity contribution in [3.63, 3.8) is 0 Å². The highest BCUT2D eigenvalue weighted by atomic mass is 19.1. The first-order valence-corrected chi connectivity index (χ1v) is 8.67. The minimum Gasteiger partial charge on any atom is -0.340 e. The zero-order valence-electron chi connectivity index (χ0n) is 15.4. The van der Waals surface area contributed by atoms with E-state index in [4.69, 9.17) is 4.98 Å². The van der Waals surface area contributed by atoms with E-state index in [0.717, 1.165) is 0 Å². The summed E-state index contributed by atoms with van der Waals surface area (Å²) in [7, 11) is 1.80. The van der Waals surface area contributed by atoms with Crippen LogP contribution in [0.4, 0.5) is 4.39 Å². The quantitative estimate of drug-likeness (QED) is 0.700. The van der Waals surface area contributed by atoms with Crippen molar-refractivity contribution < 1.29 is 9.18 Å². The first-order valence-electron chi connectivity index (χ1n) is 8.67. The van der Waals surface area contributed by atoms with Gasteiger partial charge in [0, 0.05) is 19.0 Å². The van der Waals surface area contributed by atoms with E-state index in [0.29, 0.717) is 30.3 Å². The molecule has 27 heavy (non-hydrogen) atoms. The molecule has 1 fully saturated rings. The standard InChI is InChI=1S/C18H20FN7O/c1-18(2)14(8-16(27)24(18)3)17-22-15(9-25-11-20-10-21-25)23-26(17)13-6-4-12(19)5-7-13/h4-7,10-11,14H,8-9H2,1-3H3/t14-/m1/s1. The van der Waals surface area contributed by atoms with Crippen molar-refractivity contribution in [3.05, 3.63) is 54.4 Å². The Labute approximate surface area is 155 Å². The van der Waals surface area contributed by atoms with Crippen LogP contribution in [0.1, 0.15) is 37.8 Å². The molecule has 140 valence electrons. The molecule has 8 nitrogen and oxygen atoms in total. The monoisotopic (exact) mass is 369 g/mol. The van der Waals surface area contributed by atoms with Crippen LogP contribution < -0.4 is 0 Å². The summed E-state index contributed by atoms with van der Waals surface area (Å²) in [6.45, 7) is 4.39. The maximum Gasteiger partial charge on any atom is 0.223 e. The van der Waals surface area contributed by atoms with Crippen molar-refractivity contribution in [2.45, 2.75) is 38.3 Å². The summed E-state index contributed by atoms with van der Waals surface area (Å²) in [4.78, 5) is 22.7. The number of rotatable bonds is 4. The minimum atomic E-state index is -0.410. The number of benzene rings is 1. The van der Waals surface area contributed by atoms with Gasteiger partial charge in [-0.05, 0) is 38.1 Å². The van der Waals surface area contributed by atoms with E-state index in [1.807, 2.05) is 13.8 Å². The molecule has 3 aromatic rings. The fraction of sp³-hybridized carbons (Fsp3) is 0.389. The predicted molar refractivity (Wildman–Crippen MR) is 94.6 cm³/mol. The topological polar surface area (TPSA) is 81.7 Å². The van der Waals surface area contributed by atoms with Crippen LogP contribution in [0.15, 0.2) is 36.9 Å². The van der Waals surface area contributed by atoms with E-state index in [1.165, 1.54) is 18.5 Å². The number of hydrogen-bond donors (Lipinski definition) is 0. The first kappa shape index (κ1) is 17.3. The number of nitrogens with zero attached hydrogens (tertiary/aromatic N) is 7. The van der Waals surface area contributed by atoms with Crippen LogP contribution >= 0.6 is 0 Å². The largest absolute Gasteiger partial charge is 0.340 e. The normalized spacial score (nSPS) is 19.0. The summed E-state index contributed by atoms with van der Waals surface area (Å²) in [5, 5.41) is 8.70. The molecule has 2 aromatic heterocycles. The van der Waals surface area contributed by atoms with Gasteiger partial charge in [0.15, 0.2) is 5.82 Å². The number of amides is 1. The second-order valence-electron chi connectivity index (χ2n) is 7.23. The lowest BCUT2D eigenvalue weighted by Gasteiger charge is -2.32. The molecule has 0 radical (unpaired) electrons. The summed E-state index contributed by atoms with van der Waals surface area (Å²) >= 11 is 0. The summed E-state index contributed by atoms with van der Waals surface area (Å²) in [5.74, 6) is 0.838. The number of halogens is 1. The van der Waals surface area contributed by atoms with Crippen molar-refractivity contribution in [2.24, 2.45) is 0 Å². The molecule has 3 heterocycles. The van der Waals surface area contributed by atoms with Crippen LogP contribution in [-0.4, -0.2) is 52.9 Å². The van der Waals surface area contributed by atoms with E-state index < -0.39 is 5.54 Å². The Balaban J connectivity index is 1.80. The summed E-state index contributed by atoms with van der Waals surface area (Å²) in [5.41, 5.74) is 0.286. The highest BCUT2D eigenvalue weighted by Crippen LogP contribution is 2.41. The molecule has 0 saturated carbocycles. The molecule has 0 N–H and O–H groups in total. The van der Waals surface area contributed by atoms with Gasteiger partial charge in [-0.3, -0.25) is 4.79 Å². The van der Waals surface area contributed by atoms with Crippen molar-refractivity contribution in [2.75, 3.05) is 7.05 Å². The van der Waals surface area contributed by atoms with Gasteiger partial charge in [-0.25, -0.2) is 23.7 Å². The number of likely N-dealkylation sites (tertiary alicyclic amines) is 1. The van der Waals surface area contributed by atoms with E-state index >= 15 is 0 Å². The molecule has 1 aromatic carbocycles. The van der Waals surface area contributed by atoms with Gasteiger partial charge in [0.1, 0.15) is 30.8 Å². The third-order valence-corrected chi connectivity index (χ3v) is 5.30. The van der Waals surface area contributed by atoms with Gasteiger partial charge in [0.2, 0.25) is 5.91 Å². The van der Waals surface area contributed by atoms with Gasteiger partial charge >= 0.3 is 0 Å². The van der Waals surface area contributed by atoms with Crippen molar-refractivity contribution >= 4 is 5.91 Å². The molecule has 0 aliphatic carbocycles. The Morgan fingerprint density at radius 3 is 2.59 bits per heavy atom. The van der Waals surface area contributed by atoms with Crippen LogP contribution in [0.25, 0.3) is 5.69 Å². The van der Waals surface area contributed by atoms with Gasteiger partial charge in [0.25, 0.3) is 0 Å². The molecular weight excluding hydrogens is 349 g/mol. The molecule has 4 rings (SSSR count). The van der Waals surface area contributed by atoms with Crippen LogP contribution in [-0.2, 0) is 11.3 Å². The van der Waals surface area contributed by atoms with Gasteiger partial charge < -0.3 is 4.90 Å². The summed E-state index contributed by atoms with van der Waals surface area (Å²) in [6.07, 6.45) is 3.40. The summed E-state index contributed by atoms with van der Waals surface area (Å²) in [6, 6.07) is 6.07. The van der Waals surface area contributed by atoms with Gasteiger partial charge in [0.05, 0.1) is 11.6 Å². The zero-order chi connectivity index (χ0) is 19.2. The maximum absolute atomic E-state index is 13.4. The van der Waals surface area contributed by atoms with Crippen molar-refractivity contribution in [1.29, 1.82) is 0 Å². The highest BCUT2D eigenvalue weighted by Gasteiger charge is 2.47. The van der Waals surface area contributed by atoms with Crippen LogP contribution in [0, 0.1) is 5.82 Å². The molecule has 1 aliphatic heterocycles. The Morgan fingerprint density at radius 1 is 1.26 bits per heavy atom. The molecule has 1 atom stereocenters. The average Bonchev–Trinajstić information content (AvgIpc) is 3.33. The number of aromatic nitrogens is 6. The molecular formula is C18H20FN7O. The van der Waals surface area contributed by atoms with Crippen molar-refractivity contribution in [1.82, 2.24) is 34.4 Å². The van der Waals surface area contributed by atoms with Crippen LogP contribution in [0.2, 0.25) is 0 Å². The second kappa shape index (κ2) is 6.26. The molecule has 0 bridgehead atoms. The number of hydrogen-bond acceptors (Lipinski definition) is 5. The molecule has 0 unspecified atom stereocenters. The Morgan fingerprint density at radius 2 is 2.00 bits per heavy atom. The van der Waals surface area contributed by atoms with E-state index in [2.05, 4.69) is 15.2 Å². The number of likely N-dealkylation sites (N-methyl/N-ethyl adjacent to an activating group) is 1. The average molecular weight is 369 g/mol. The van der Waals surface area contributed by atoms with Crippen LogP contribution in [0.5, 0.6) is 0 Å². The minimum absolute atomic E-state index is 0.0662. The molecule has 1 aliphatic rings. The molecule has 9 heteroatoms. The molecule has 0 spiro atoms. The maximum atomic E-state index is 13.4. The van der Waals surface area contributed by atoms with E-state index in [-0.39, 0.29) is 17.6 Å². The fourth-order valence-corrected chi connectivity index (χ4v) is 3.42. The van der Waals surface area contributed by atoms with Gasteiger partial charge in [-0.1, -0.05) is 0 Å². The highest BCUT2D eigenvalue weighted by molar-refractivity contribution is 5.81. The predicted octanol–water partition coefficient (Wildman–Crippen LogP) is 1.77. The number of carbonyl (C=O) groups is 1. The van der Waals surface area contributed by atoms with Gasteiger partial charge in [-0.15, -0.1) is 5.10 Å². The molecule has 1 amide bonds. The van der Waals surface area contributed by atoms with E-state index in [1.54, 1.807) is 39.8 Å². The van der Waals surface area contributed by atoms with E-state index in [9.17, 15) is 9.18 Å². The lowest BCUT2D eigenvalue weighted by Crippen LogP contribution is -2.41. The fourth-order valence-electron chi connectivity index (χ4n) is 3.42. The Kier molecular flexibility index (Phi) is 4.01. The summed E-state index contributed by atoms with van der Waals surface area (Å²) < 4.78 is 16.7. The Bertz CT molecular complexity index is 962. The SMILES string of the molecule is CN1C(=O)C[C@H](c2nc(Cn3cncn3)nn2-c2ccc(F)cc2)C1(C)C. The van der Waals surface area contributed by atoms with Crippen molar-refractivity contribution in [3.8, 4) is 5.69 Å². The molecule has 1 saturated heterocycles. The lowest BCUT2D eigenvalue weighted by molar-refractivity contribution is -0.128. The van der Waals surface area contributed by atoms with Gasteiger partial charge in [-0.2, -0.15) is 5.10 Å². The first-order chi connectivity index (χ1) is 12.9. The third kappa shape index (κ3) is 2.98.